The summed E-state index contributed by atoms with van der Waals surface area (Å²) in [4.78, 5) is 21.3. The molecule has 0 unspecified atom stereocenters. The molecule has 0 atom stereocenters. The van der Waals surface area contributed by atoms with Gasteiger partial charge >= 0.3 is 11.7 Å². The number of carboxylic acid groups (broad SMARTS) is 1. The van der Waals surface area contributed by atoms with Crippen molar-refractivity contribution in [3.63, 3.8) is 0 Å². The number of aromatic carboxylic acids is 1. The molecule has 6 nitrogen and oxygen atoms in total. The molecule has 1 aromatic carbocycles. The summed E-state index contributed by atoms with van der Waals surface area (Å²) >= 11 is 0. The fourth-order valence-electron chi connectivity index (χ4n) is 2.15. The van der Waals surface area contributed by atoms with E-state index >= 15 is 0 Å². The van der Waals surface area contributed by atoms with Crippen LogP contribution in [0.5, 0.6) is 5.75 Å². The van der Waals surface area contributed by atoms with E-state index in [1.54, 1.807) is 0 Å². The van der Waals surface area contributed by atoms with E-state index in [0.29, 0.717) is 6.61 Å². The van der Waals surface area contributed by atoms with Crippen molar-refractivity contribution >= 4 is 11.7 Å². The number of nitrogens with zero attached hydrogens (tertiary/aromatic N) is 1. The molecule has 0 fully saturated rings. The van der Waals surface area contributed by atoms with E-state index in [9.17, 15) is 14.9 Å². The number of hydrogen-bond acceptors (Lipinski definition) is 4. The van der Waals surface area contributed by atoms with E-state index in [-0.39, 0.29) is 17.0 Å². The molecule has 1 rings (SSSR count). The molecule has 0 radical (unpaired) electrons. The van der Waals surface area contributed by atoms with Gasteiger partial charge in [0.15, 0.2) is 5.75 Å². The number of rotatable bonds is 11. The molecule has 0 spiro atoms. The highest BCUT2D eigenvalue weighted by Crippen LogP contribution is 2.28. The van der Waals surface area contributed by atoms with Gasteiger partial charge in [0.2, 0.25) is 0 Å². The molecule has 0 aromatic heterocycles. The second kappa shape index (κ2) is 9.76. The van der Waals surface area contributed by atoms with Crippen LogP contribution in [0, 0.1) is 10.1 Å². The van der Waals surface area contributed by atoms with Gasteiger partial charge in [-0.25, -0.2) is 4.79 Å². The average molecular weight is 309 g/mol. The maximum atomic E-state index is 10.9. The summed E-state index contributed by atoms with van der Waals surface area (Å²) in [5.41, 5.74) is -0.215. The average Bonchev–Trinajstić information content (AvgIpc) is 2.49. The first-order valence-corrected chi connectivity index (χ1v) is 7.70. The molecule has 1 aromatic rings. The highest BCUT2D eigenvalue weighted by atomic mass is 16.6. The zero-order chi connectivity index (χ0) is 16.4. The van der Waals surface area contributed by atoms with Crippen molar-refractivity contribution in [3.8, 4) is 5.75 Å². The lowest BCUT2D eigenvalue weighted by atomic mass is 10.1. The topological polar surface area (TPSA) is 89.7 Å². The minimum Gasteiger partial charge on any atom is -0.487 e. The van der Waals surface area contributed by atoms with Gasteiger partial charge in [-0.3, -0.25) is 10.1 Å². The summed E-state index contributed by atoms with van der Waals surface area (Å²) in [5, 5.41) is 19.8. The maximum absolute atomic E-state index is 10.9. The van der Waals surface area contributed by atoms with Crippen LogP contribution in [-0.2, 0) is 0 Å². The van der Waals surface area contributed by atoms with Crippen LogP contribution >= 0.6 is 0 Å². The Balaban J connectivity index is 2.45. The molecule has 6 heteroatoms. The van der Waals surface area contributed by atoms with Crippen LogP contribution in [0.15, 0.2) is 18.2 Å². The Morgan fingerprint density at radius 2 is 1.82 bits per heavy atom. The van der Waals surface area contributed by atoms with Crippen LogP contribution in [0.25, 0.3) is 0 Å². The quantitative estimate of drug-likeness (QED) is 0.371. The summed E-state index contributed by atoms with van der Waals surface area (Å²) in [6.45, 7) is 2.53. The molecule has 0 bridgehead atoms. The molecule has 0 aliphatic heterocycles. The monoisotopic (exact) mass is 309 g/mol. The summed E-state index contributed by atoms with van der Waals surface area (Å²) in [6, 6.07) is 3.59. The van der Waals surface area contributed by atoms with Gasteiger partial charge in [0.05, 0.1) is 17.1 Å². The van der Waals surface area contributed by atoms with Gasteiger partial charge in [-0.2, -0.15) is 0 Å². The first kappa shape index (κ1) is 17.9. The van der Waals surface area contributed by atoms with Crippen molar-refractivity contribution in [1.82, 2.24) is 0 Å². The van der Waals surface area contributed by atoms with Gasteiger partial charge in [-0.1, -0.05) is 45.4 Å². The lowest BCUT2D eigenvalue weighted by Crippen LogP contribution is -2.03. The minimum absolute atomic E-state index is 0.0137. The van der Waals surface area contributed by atoms with Crippen LogP contribution in [0.3, 0.4) is 0 Å². The summed E-state index contributed by atoms with van der Waals surface area (Å²) in [6.07, 6.45) is 7.85. The Kier molecular flexibility index (Phi) is 7.96. The number of carbonyl (C=O) groups is 1. The van der Waals surface area contributed by atoms with Crippen LogP contribution in [0.2, 0.25) is 0 Å². The standard InChI is InChI=1S/C16H23NO5/c1-2-3-4-5-6-7-8-11-22-15-12-13(16(18)19)9-10-14(15)17(20)21/h9-10,12H,2-8,11H2,1H3,(H,18,19). The van der Waals surface area contributed by atoms with Crippen LogP contribution in [-0.4, -0.2) is 22.6 Å². The smallest absolute Gasteiger partial charge is 0.335 e. The lowest BCUT2D eigenvalue weighted by molar-refractivity contribution is -0.385. The third kappa shape index (κ3) is 6.11. The van der Waals surface area contributed by atoms with Crippen molar-refractivity contribution in [2.75, 3.05) is 6.61 Å². The second-order valence-electron chi connectivity index (χ2n) is 5.21. The largest absolute Gasteiger partial charge is 0.487 e. The highest BCUT2D eigenvalue weighted by molar-refractivity contribution is 5.88. The Morgan fingerprint density at radius 1 is 1.18 bits per heavy atom. The fourth-order valence-corrected chi connectivity index (χ4v) is 2.15. The molecule has 0 amide bonds. The van der Waals surface area contributed by atoms with Crippen molar-refractivity contribution in [3.05, 3.63) is 33.9 Å². The number of ether oxygens (including phenoxy) is 1. The molecular formula is C16H23NO5. The van der Waals surface area contributed by atoms with Crippen molar-refractivity contribution in [2.24, 2.45) is 0 Å². The van der Waals surface area contributed by atoms with Crippen molar-refractivity contribution in [1.29, 1.82) is 0 Å². The molecule has 0 heterocycles. The van der Waals surface area contributed by atoms with Gasteiger partial charge in [0.25, 0.3) is 0 Å². The van der Waals surface area contributed by atoms with Crippen LogP contribution < -0.4 is 4.74 Å². The SMILES string of the molecule is CCCCCCCCCOc1cc(C(=O)O)ccc1[N+](=O)[O-]. The summed E-state index contributed by atoms with van der Waals surface area (Å²) < 4.78 is 5.41. The minimum atomic E-state index is -1.13. The van der Waals surface area contributed by atoms with E-state index in [1.807, 2.05) is 0 Å². The van der Waals surface area contributed by atoms with Gasteiger partial charge < -0.3 is 9.84 Å². The lowest BCUT2D eigenvalue weighted by Gasteiger charge is -2.07. The molecular weight excluding hydrogens is 286 g/mol. The van der Waals surface area contributed by atoms with Crippen LogP contribution in [0.1, 0.15) is 62.2 Å². The van der Waals surface area contributed by atoms with Gasteiger partial charge in [0.1, 0.15) is 0 Å². The van der Waals surface area contributed by atoms with E-state index < -0.39 is 10.9 Å². The molecule has 0 aliphatic rings. The third-order valence-electron chi connectivity index (χ3n) is 3.41. The molecule has 0 aliphatic carbocycles. The summed E-state index contributed by atoms with van der Waals surface area (Å²) in [7, 11) is 0. The molecule has 22 heavy (non-hydrogen) atoms. The number of nitro groups is 1. The zero-order valence-corrected chi connectivity index (χ0v) is 12.9. The molecule has 0 saturated carbocycles. The first-order chi connectivity index (χ1) is 10.6. The molecule has 0 saturated heterocycles. The Labute approximate surface area is 130 Å². The Bertz CT molecular complexity index is 501. The first-order valence-electron chi connectivity index (χ1n) is 7.70. The fraction of sp³-hybridized carbons (Fsp3) is 0.562. The number of benzene rings is 1. The molecule has 122 valence electrons. The van der Waals surface area contributed by atoms with Gasteiger partial charge in [-0.05, 0) is 12.5 Å². The van der Waals surface area contributed by atoms with E-state index in [4.69, 9.17) is 9.84 Å². The maximum Gasteiger partial charge on any atom is 0.335 e. The van der Waals surface area contributed by atoms with E-state index in [0.717, 1.165) is 19.3 Å². The summed E-state index contributed by atoms with van der Waals surface area (Å²) in [5.74, 6) is -1.11. The van der Waals surface area contributed by atoms with Gasteiger partial charge in [0, 0.05) is 12.1 Å². The van der Waals surface area contributed by atoms with Crippen LogP contribution in [0.4, 0.5) is 5.69 Å². The zero-order valence-electron chi connectivity index (χ0n) is 12.9. The Morgan fingerprint density at radius 3 is 2.41 bits per heavy atom. The number of unbranched alkanes of at least 4 members (excludes halogenated alkanes) is 6. The number of nitro benzene ring substituents is 1. The van der Waals surface area contributed by atoms with Gasteiger partial charge in [-0.15, -0.1) is 0 Å². The Hall–Kier alpha value is -2.11. The number of hydrogen-bond donors (Lipinski definition) is 1. The second-order valence-corrected chi connectivity index (χ2v) is 5.21. The third-order valence-corrected chi connectivity index (χ3v) is 3.41. The predicted molar refractivity (Wildman–Crippen MR) is 83.5 cm³/mol. The highest BCUT2D eigenvalue weighted by Gasteiger charge is 2.17. The van der Waals surface area contributed by atoms with E-state index in [2.05, 4.69) is 6.92 Å². The predicted octanol–water partition coefficient (Wildman–Crippen LogP) is 4.42. The van der Waals surface area contributed by atoms with Crippen molar-refractivity contribution < 1.29 is 19.6 Å². The normalized spacial score (nSPS) is 10.4. The van der Waals surface area contributed by atoms with Crippen molar-refractivity contribution in [2.45, 2.75) is 51.9 Å². The van der Waals surface area contributed by atoms with E-state index in [1.165, 1.54) is 43.9 Å². The molecule has 1 N–H and O–H groups in total. The number of carboxylic acids is 1.